The Hall–Kier alpha value is -1.92. The lowest BCUT2D eigenvalue weighted by Gasteiger charge is -2.19. The van der Waals surface area contributed by atoms with E-state index >= 15 is 0 Å². The van der Waals surface area contributed by atoms with Gasteiger partial charge in [-0.2, -0.15) is 0 Å². The molecule has 0 fully saturated rings. The third-order valence-electron chi connectivity index (χ3n) is 11.9. The predicted molar refractivity (Wildman–Crippen MR) is 259 cm³/mol. The molecule has 60 heavy (non-hydrogen) atoms. The van der Waals surface area contributed by atoms with E-state index in [-0.39, 0.29) is 18.5 Å². The molecule has 0 aromatic carbocycles. The van der Waals surface area contributed by atoms with Crippen molar-refractivity contribution in [1.82, 2.24) is 5.32 Å². The minimum atomic E-state index is -0.879. The van der Waals surface area contributed by atoms with Crippen molar-refractivity contribution in [2.75, 3.05) is 13.2 Å². The average Bonchev–Trinajstić information content (AvgIpc) is 3.25. The van der Waals surface area contributed by atoms with Crippen molar-refractivity contribution in [3.8, 4) is 0 Å². The van der Waals surface area contributed by atoms with Crippen LogP contribution < -0.4 is 5.32 Å². The number of aliphatic hydroxyl groups excluding tert-OH is 2. The number of unbranched alkanes of at least 4 members (excludes halogenated alkanes) is 33. The first kappa shape index (κ1) is 58.1. The molecule has 0 spiro atoms. The Morgan fingerprint density at radius 2 is 0.850 bits per heavy atom. The van der Waals surface area contributed by atoms with E-state index in [2.05, 4.69) is 37.4 Å². The van der Waals surface area contributed by atoms with Crippen LogP contribution in [-0.4, -0.2) is 47.4 Å². The molecular formula is C54H101NO5. The number of aliphatic hydroxyl groups is 2. The largest absolute Gasteiger partial charge is 0.466 e. The highest BCUT2D eigenvalue weighted by atomic mass is 16.5. The van der Waals surface area contributed by atoms with Crippen LogP contribution in [0.2, 0.25) is 0 Å². The summed E-state index contributed by atoms with van der Waals surface area (Å²) in [6.45, 7) is 4.84. The number of esters is 1. The smallest absolute Gasteiger partial charge is 0.305 e. The van der Waals surface area contributed by atoms with E-state index in [1.807, 2.05) is 12.2 Å². The molecule has 0 aromatic rings. The molecular weight excluding hydrogens is 743 g/mol. The van der Waals surface area contributed by atoms with E-state index in [4.69, 9.17) is 4.74 Å². The Morgan fingerprint density at radius 1 is 0.467 bits per heavy atom. The molecule has 0 aliphatic rings. The lowest BCUT2D eigenvalue weighted by atomic mass is 10.0. The molecule has 2 atom stereocenters. The monoisotopic (exact) mass is 844 g/mol. The van der Waals surface area contributed by atoms with Gasteiger partial charge >= 0.3 is 5.97 Å². The van der Waals surface area contributed by atoms with Crippen molar-refractivity contribution >= 4 is 11.9 Å². The summed E-state index contributed by atoms with van der Waals surface area (Å²) in [7, 11) is 0. The van der Waals surface area contributed by atoms with E-state index in [9.17, 15) is 19.8 Å². The Labute approximate surface area is 373 Å². The van der Waals surface area contributed by atoms with E-state index in [0.29, 0.717) is 25.9 Å². The lowest BCUT2D eigenvalue weighted by molar-refractivity contribution is -0.143. The fourth-order valence-corrected chi connectivity index (χ4v) is 7.86. The van der Waals surface area contributed by atoms with Gasteiger partial charge in [0.2, 0.25) is 5.91 Å². The second kappa shape index (κ2) is 49.7. The van der Waals surface area contributed by atoms with Crippen LogP contribution >= 0.6 is 0 Å². The van der Waals surface area contributed by atoms with Gasteiger partial charge in [0.15, 0.2) is 0 Å². The van der Waals surface area contributed by atoms with E-state index in [1.54, 1.807) is 6.08 Å². The summed E-state index contributed by atoms with van der Waals surface area (Å²) >= 11 is 0. The highest BCUT2D eigenvalue weighted by molar-refractivity contribution is 5.76. The summed E-state index contributed by atoms with van der Waals surface area (Å²) in [5.74, 6) is -0.165. The fourth-order valence-electron chi connectivity index (χ4n) is 7.86. The SMILES string of the molecule is CCCCCCCCCCCCCCCCC/C=C/C(O)C(CO)NC(=O)CC/C=C\C/C=C\CCCCCCCCOC(=O)CCCCCCCCCCCCCCC. The molecule has 6 nitrogen and oxygen atoms in total. The summed E-state index contributed by atoms with van der Waals surface area (Å²) in [5, 5.41) is 23.0. The second-order valence-corrected chi connectivity index (χ2v) is 17.9. The van der Waals surface area contributed by atoms with E-state index in [1.165, 1.54) is 186 Å². The fraction of sp³-hybridized carbons (Fsp3) is 0.852. The van der Waals surface area contributed by atoms with Crippen LogP contribution in [0, 0.1) is 0 Å². The molecule has 0 rings (SSSR count). The number of hydrogen-bond acceptors (Lipinski definition) is 5. The number of carbonyl (C=O) groups excluding carboxylic acids is 2. The quantitative estimate of drug-likeness (QED) is 0.0322. The van der Waals surface area contributed by atoms with Gasteiger partial charge < -0.3 is 20.3 Å². The maximum absolute atomic E-state index is 12.4. The molecule has 0 aliphatic carbocycles. The van der Waals surface area contributed by atoms with Gasteiger partial charge in [-0.3, -0.25) is 9.59 Å². The first-order chi connectivity index (χ1) is 29.5. The van der Waals surface area contributed by atoms with Gasteiger partial charge in [0, 0.05) is 12.8 Å². The van der Waals surface area contributed by atoms with Gasteiger partial charge in [-0.05, 0) is 51.4 Å². The zero-order valence-corrected chi connectivity index (χ0v) is 39.9. The molecule has 0 saturated carbocycles. The minimum Gasteiger partial charge on any atom is -0.466 e. The number of allylic oxidation sites excluding steroid dienone is 5. The number of carbonyl (C=O) groups is 2. The van der Waals surface area contributed by atoms with Crippen LogP contribution in [-0.2, 0) is 14.3 Å². The highest BCUT2D eigenvalue weighted by Crippen LogP contribution is 2.16. The molecule has 0 bridgehead atoms. The minimum absolute atomic E-state index is 0.0173. The molecule has 0 heterocycles. The molecule has 0 aromatic heterocycles. The number of nitrogens with one attached hydrogen (secondary N) is 1. The van der Waals surface area contributed by atoms with Crippen molar-refractivity contribution in [2.24, 2.45) is 0 Å². The summed E-state index contributed by atoms with van der Waals surface area (Å²) in [6, 6.07) is -0.671. The predicted octanol–water partition coefficient (Wildman–Crippen LogP) is 15.7. The molecule has 3 N–H and O–H groups in total. The third kappa shape index (κ3) is 45.6. The summed E-state index contributed by atoms with van der Waals surface area (Å²) in [4.78, 5) is 24.4. The normalized spacial score (nSPS) is 12.9. The maximum atomic E-state index is 12.4. The van der Waals surface area contributed by atoms with Crippen LogP contribution in [0.15, 0.2) is 36.5 Å². The number of ether oxygens (including phenoxy) is 1. The number of rotatable bonds is 48. The first-order valence-corrected chi connectivity index (χ1v) is 26.3. The van der Waals surface area contributed by atoms with Crippen LogP contribution in [0.5, 0.6) is 0 Å². The molecule has 0 aliphatic heterocycles. The Bertz CT molecular complexity index is 977. The Balaban J connectivity index is 3.59. The van der Waals surface area contributed by atoms with Crippen molar-refractivity contribution < 1.29 is 24.5 Å². The number of hydrogen-bond donors (Lipinski definition) is 3. The standard InChI is InChI=1S/C54H101NO5/c1-3-5-7-9-11-13-15-17-18-19-20-23-26-30-34-38-42-46-52(57)51(50-56)55-53(58)47-43-39-35-31-27-24-21-25-29-33-37-41-45-49-60-54(59)48-44-40-36-32-28-22-16-14-12-10-8-6-4-2/h24,27,35,39,42,46,51-52,56-57H,3-23,25-26,28-34,36-38,40-41,43-45,47-50H2,1-2H3,(H,55,58)/b27-24-,39-35-,46-42+. The highest BCUT2D eigenvalue weighted by Gasteiger charge is 2.17. The van der Waals surface area contributed by atoms with Crippen LogP contribution in [0.4, 0.5) is 0 Å². The van der Waals surface area contributed by atoms with Crippen molar-refractivity contribution in [3.05, 3.63) is 36.5 Å². The molecule has 6 heteroatoms. The molecule has 0 saturated heterocycles. The van der Waals surface area contributed by atoms with E-state index < -0.39 is 12.1 Å². The van der Waals surface area contributed by atoms with Gasteiger partial charge in [-0.15, -0.1) is 0 Å². The topological polar surface area (TPSA) is 95.9 Å². The zero-order chi connectivity index (χ0) is 43.7. The lowest BCUT2D eigenvalue weighted by Crippen LogP contribution is -2.45. The Kier molecular flexibility index (Phi) is 48.1. The summed E-state index contributed by atoms with van der Waals surface area (Å²) in [5.41, 5.74) is 0. The Morgan fingerprint density at radius 3 is 1.30 bits per heavy atom. The maximum Gasteiger partial charge on any atom is 0.305 e. The van der Waals surface area contributed by atoms with E-state index in [0.717, 1.165) is 51.4 Å². The molecule has 352 valence electrons. The van der Waals surface area contributed by atoms with Gasteiger partial charge in [-0.25, -0.2) is 0 Å². The van der Waals surface area contributed by atoms with Gasteiger partial charge in [0.25, 0.3) is 0 Å². The summed E-state index contributed by atoms with van der Waals surface area (Å²) < 4.78 is 5.45. The van der Waals surface area contributed by atoms with Gasteiger partial charge in [-0.1, -0.05) is 243 Å². The molecule has 1 amide bonds. The third-order valence-corrected chi connectivity index (χ3v) is 11.9. The van der Waals surface area contributed by atoms with Crippen LogP contribution in [0.3, 0.4) is 0 Å². The molecule has 2 unspecified atom stereocenters. The van der Waals surface area contributed by atoms with Crippen LogP contribution in [0.25, 0.3) is 0 Å². The number of amides is 1. The van der Waals surface area contributed by atoms with Crippen LogP contribution in [0.1, 0.15) is 271 Å². The molecule has 0 radical (unpaired) electrons. The average molecular weight is 844 g/mol. The first-order valence-electron chi connectivity index (χ1n) is 26.3. The van der Waals surface area contributed by atoms with Gasteiger partial charge in [0.1, 0.15) is 0 Å². The van der Waals surface area contributed by atoms with Crippen molar-refractivity contribution in [1.29, 1.82) is 0 Å². The zero-order valence-electron chi connectivity index (χ0n) is 39.9. The van der Waals surface area contributed by atoms with Gasteiger partial charge in [0.05, 0.1) is 25.4 Å². The second-order valence-electron chi connectivity index (χ2n) is 17.9. The van der Waals surface area contributed by atoms with Crippen molar-refractivity contribution in [3.63, 3.8) is 0 Å². The summed E-state index contributed by atoms with van der Waals surface area (Å²) in [6.07, 6.45) is 60.1. The van der Waals surface area contributed by atoms with Crippen molar-refractivity contribution in [2.45, 2.75) is 283 Å².